The third kappa shape index (κ3) is 5.16. The third-order valence-corrected chi connectivity index (χ3v) is 5.81. The van der Waals surface area contributed by atoms with Gasteiger partial charge >= 0.3 is 6.09 Å². The first kappa shape index (κ1) is 22.0. The second kappa shape index (κ2) is 9.95. The van der Waals surface area contributed by atoms with Crippen molar-refractivity contribution >= 4 is 40.7 Å². The molecule has 0 bridgehead atoms. The van der Waals surface area contributed by atoms with Gasteiger partial charge in [-0.15, -0.1) is 0 Å². The number of rotatable bonds is 5. The maximum Gasteiger partial charge on any atom is 0.414 e. The summed E-state index contributed by atoms with van der Waals surface area (Å²) in [7, 11) is 0. The standard InChI is InChI=1S/C23H25FN4O3S/c24-19-13-17(9-10-20(19)27-11-5-2-6-12-27)28-15-18(31-23(28)30)14-25-22(32)26-21(29)16-7-3-1-4-8-16/h1,3-4,7-10,13,18H,2,5-6,11-12,14-15H2,(H2,25,26,29,32)/t18-/m0/s1. The number of nitrogens with zero attached hydrogens (tertiary/aromatic N) is 2. The summed E-state index contributed by atoms with van der Waals surface area (Å²) in [5, 5.41) is 5.63. The zero-order valence-electron chi connectivity index (χ0n) is 17.6. The van der Waals surface area contributed by atoms with Gasteiger partial charge in [0.1, 0.15) is 11.9 Å². The van der Waals surface area contributed by atoms with E-state index in [2.05, 4.69) is 10.6 Å². The van der Waals surface area contributed by atoms with Gasteiger partial charge in [-0.3, -0.25) is 15.0 Å². The summed E-state index contributed by atoms with van der Waals surface area (Å²) < 4.78 is 20.1. The molecule has 0 aromatic heterocycles. The monoisotopic (exact) mass is 456 g/mol. The number of cyclic esters (lactones) is 1. The average Bonchev–Trinajstić information content (AvgIpc) is 3.19. The fourth-order valence-electron chi connectivity index (χ4n) is 3.91. The maximum atomic E-state index is 14.7. The molecule has 2 aliphatic rings. The lowest BCUT2D eigenvalue weighted by Gasteiger charge is -2.29. The van der Waals surface area contributed by atoms with Crippen LogP contribution in [0.4, 0.5) is 20.6 Å². The Morgan fingerprint density at radius 2 is 1.88 bits per heavy atom. The van der Waals surface area contributed by atoms with Gasteiger partial charge in [-0.2, -0.15) is 0 Å². The highest BCUT2D eigenvalue weighted by Gasteiger charge is 2.33. The lowest BCUT2D eigenvalue weighted by Crippen LogP contribution is -2.43. The van der Waals surface area contributed by atoms with Crippen molar-refractivity contribution in [3.63, 3.8) is 0 Å². The van der Waals surface area contributed by atoms with E-state index >= 15 is 0 Å². The number of piperidine rings is 1. The zero-order chi connectivity index (χ0) is 22.5. The maximum absolute atomic E-state index is 14.7. The molecule has 0 radical (unpaired) electrons. The molecule has 0 spiro atoms. The van der Waals surface area contributed by atoms with Gasteiger partial charge in [-0.05, 0) is 61.8 Å². The van der Waals surface area contributed by atoms with Gasteiger partial charge < -0.3 is 15.0 Å². The van der Waals surface area contributed by atoms with Crippen molar-refractivity contribution in [1.29, 1.82) is 0 Å². The summed E-state index contributed by atoms with van der Waals surface area (Å²) in [5.41, 5.74) is 1.51. The lowest BCUT2D eigenvalue weighted by molar-refractivity contribution is 0.0975. The molecule has 168 valence electrons. The normalized spacial score (nSPS) is 18.3. The van der Waals surface area contributed by atoms with Crippen LogP contribution in [0.15, 0.2) is 48.5 Å². The number of hydrogen-bond acceptors (Lipinski definition) is 5. The number of halogens is 1. The van der Waals surface area contributed by atoms with Crippen molar-refractivity contribution in [3.8, 4) is 0 Å². The van der Waals surface area contributed by atoms with Gasteiger partial charge in [-0.1, -0.05) is 18.2 Å². The number of hydrogen-bond donors (Lipinski definition) is 2. The van der Waals surface area contributed by atoms with Crippen LogP contribution in [-0.4, -0.2) is 49.4 Å². The quantitative estimate of drug-likeness (QED) is 0.672. The van der Waals surface area contributed by atoms with E-state index < -0.39 is 12.2 Å². The summed E-state index contributed by atoms with van der Waals surface area (Å²) in [5.74, 6) is -0.666. The van der Waals surface area contributed by atoms with E-state index in [4.69, 9.17) is 17.0 Å². The van der Waals surface area contributed by atoms with Crippen LogP contribution in [0.3, 0.4) is 0 Å². The minimum Gasteiger partial charge on any atom is -0.442 e. The van der Waals surface area contributed by atoms with E-state index in [1.165, 1.54) is 17.4 Å². The molecule has 9 heteroatoms. The molecule has 0 saturated carbocycles. The van der Waals surface area contributed by atoms with Gasteiger partial charge in [0.15, 0.2) is 5.11 Å². The minimum absolute atomic E-state index is 0.144. The number of ether oxygens (including phenoxy) is 1. The van der Waals surface area contributed by atoms with Gasteiger partial charge in [0.05, 0.1) is 24.5 Å². The lowest BCUT2D eigenvalue weighted by atomic mass is 10.1. The molecule has 32 heavy (non-hydrogen) atoms. The largest absolute Gasteiger partial charge is 0.442 e. The number of carbonyl (C=O) groups is 2. The molecule has 2 aromatic rings. The fourth-order valence-corrected chi connectivity index (χ4v) is 4.09. The molecule has 2 amide bonds. The van der Waals surface area contributed by atoms with Gasteiger partial charge in [-0.25, -0.2) is 9.18 Å². The second-order valence-electron chi connectivity index (χ2n) is 7.83. The fraction of sp³-hybridized carbons (Fsp3) is 0.348. The van der Waals surface area contributed by atoms with Crippen molar-refractivity contribution in [2.45, 2.75) is 25.4 Å². The predicted molar refractivity (Wildman–Crippen MR) is 125 cm³/mol. The van der Waals surface area contributed by atoms with E-state index in [1.54, 1.807) is 36.4 Å². The Kier molecular flexibility index (Phi) is 6.84. The smallest absolute Gasteiger partial charge is 0.414 e. The predicted octanol–water partition coefficient (Wildman–Crippen LogP) is 3.45. The number of benzene rings is 2. The summed E-state index contributed by atoms with van der Waals surface area (Å²) in [6.45, 7) is 2.17. The van der Waals surface area contributed by atoms with Crippen molar-refractivity contribution in [2.75, 3.05) is 36.0 Å². The first-order valence-corrected chi connectivity index (χ1v) is 11.1. The van der Waals surface area contributed by atoms with Crippen LogP contribution in [0.5, 0.6) is 0 Å². The molecule has 0 aliphatic carbocycles. The van der Waals surface area contributed by atoms with Gasteiger partial charge in [0, 0.05) is 18.7 Å². The number of anilines is 2. The van der Waals surface area contributed by atoms with Crippen molar-refractivity contribution in [2.24, 2.45) is 0 Å². The first-order valence-electron chi connectivity index (χ1n) is 10.7. The molecule has 0 unspecified atom stereocenters. The van der Waals surface area contributed by atoms with Crippen LogP contribution in [0.2, 0.25) is 0 Å². The van der Waals surface area contributed by atoms with E-state index in [0.29, 0.717) is 16.9 Å². The average molecular weight is 457 g/mol. The van der Waals surface area contributed by atoms with E-state index in [0.717, 1.165) is 25.9 Å². The Hall–Kier alpha value is -3.20. The molecule has 4 rings (SSSR count). The van der Waals surface area contributed by atoms with Crippen LogP contribution in [0, 0.1) is 5.82 Å². The Labute approximate surface area is 191 Å². The Bertz CT molecular complexity index is 998. The SMILES string of the molecule is O=C(NC(=S)NC[C@H]1CN(c2ccc(N3CCCCC3)c(F)c2)C(=O)O1)c1ccccc1. The number of thiocarbonyl (C=S) groups is 1. The molecule has 7 nitrogen and oxygen atoms in total. The molecule has 2 aliphatic heterocycles. The first-order chi connectivity index (χ1) is 15.5. The number of carbonyl (C=O) groups excluding carboxylic acids is 2. The summed E-state index contributed by atoms with van der Waals surface area (Å²) in [6.07, 6.45) is 2.26. The molecule has 2 fully saturated rings. The molecular formula is C23H25FN4O3S. The van der Waals surface area contributed by atoms with Gasteiger partial charge in [0.2, 0.25) is 0 Å². The highest BCUT2D eigenvalue weighted by atomic mass is 32.1. The Morgan fingerprint density at radius 1 is 1.12 bits per heavy atom. The summed E-state index contributed by atoms with van der Waals surface area (Å²) in [4.78, 5) is 27.9. The van der Waals surface area contributed by atoms with Crippen LogP contribution in [0.1, 0.15) is 29.6 Å². The zero-order valence-corrected chi connectivity index (χ0v) is 18.4. The van der Waals surface area contributed by atoms with Crippen LogP contribution >= 0.6 is 12.2 Å². The Morgan fingerprint density at radius 3 is 2.59 bits per heavy atom. The highest BCUT2D eigenvalue weighted by Crippen LogP contribution is 2.29. The molecule has 1 atom stereocenters. The van der Waals surface area contributed by atoms with Gasteiger partial charge in [0.25, 0.3) is 5.91 Å². The highest BCUT2D eigenvalue weighted by molar-refractivity contribution is 7.80. The number of amides is 2. The van der Waals surface area contributed by atoms with Crippen molar-refractivity contribution < 1.29 is 18.7 Å². The second-order valence-corrected chi connectivity index (χ2v) is 8.24. The minimum atomic E-state index is -0.541. The third-order valence-electron chi connectivity index (χ3n) is 5.57. The molecular weight excluding hydrogens is 431 g/mol. The van der Waals surface area contributed by atoms with Crippen LogP contribution in [0.25, 0.3) is 0 Å². The summed E-state index contributed by atoms with van der Waals surface area (Å²) in [6, 6.07) is 13.6. The van der Waals surface area contributed by atoms with Crippen LogP contribution in [-0.2, 0) is 4.74 Å². The molecule has 2 heterocycles. The summed E-state index contributed by atoms with van der Waals surface area (Å²) >= 11 is 5.16. The van der Waals surface area contributed by atoms with Crippen LogP contribution < -0.4 is 20.4 Å². The van der Waals surface area contributed by atoms with Crippen molar-refractivity contribution in [3.05, 3.63) is 59.9 Å². The molecule has 2 saturated heterocycles. The topological polar surface area (TPSA) is 73.9 Å². The number of nitrogens with one attached hydrogen (secondary N) is 2. The Balaban J connectivity index is 1.30. The van der Waals surface area contributed by atoms with E-state index in [1.807, 2.05) is 11.0 Å². The molecule has 2 aromatic carbocycles. The van der Waals surface area contributed by atoms with E-state index in [-0.39, 0.29) is 29.9 Å². The molecule has 2 N–H and O–H groups in total. The van der Waals surface area contributed by atoms with Crippen molar-refractivity contribution in [1.82, 2.24) is 10.6 Å². The van der Waals surface area contributed by atoms with E-state index in [9.17, 15) is 14.0 Å².